The van der Waals surface area contributed by atoms with Crippen LogP contribution in [-0.2, 0) is 29.0 Å². The van der Waals surface area contributed by atoms with Gasteiger partial charge in [-0.1, -0.05) is 36.4 Å². The third-order valence-electron chi connectivity index (χ3n) is 5.18. The fourth-order valence-electron chi connectivity index (χ4n) is 3.67. The van der Waals surface area contributed by atoms with Gasteiger partial charge in [-0.05, 0) is 49.2 Å². The smallest absolute Gasteiger partial charge is 0.246 e. The second-order valence-corrected chi connectivity index (χ2v) is 7.38. The van der Waals surface area contributed by atoms with Gasteiger partial charge >= 0.3 is 0 Å². The number of hydrogen-bond donors (Lipinski definition) is 3. The topological polar surface area (TPSA) is 87.5 Å². The van der Waals surface area contributed by atoms with Crippen LogP contribution < -0.4 is 16.4 Å². The predicted molar refractivity (Wildman–Crippen MR) is 111 cm³/mol. The van der Waals surface area contributed by atoms with Gasteiger partial charge in [-0.25, -0.2) is 0 Å². The molecule has 3 rings (SSSR count). The van der Waals surface area contributed by atoms with Crippen molar-refractivity contribution < 1.29 is 9.59 Å². The molecule has 0 radical (unpaired) electrons. The first kappa shape index (κ1) is 19.9. The second-order valence-electron chi connectivity index (χ2n) is 7.38. The van der Waals surface area contributed by atoms with Gasteiger partial charge in [-0.15, -0.1) is 0 Å². The van der Waals surface area contributed by atoms with E-state index in [4.69, 9.17) is 5.73 Å². The molecule has 1 unspecified atom stereocenters. The maximum Gasteiger partial charge on any atom is 0.246 e. The Kier molecular flexibility index (Phi) is 6.31. The highest BCUT2D eigenvalue weighted by Gasteiger charge is 2.32. The second kappa shape index (κ2) is 8.89. The Labute approximate surface area is 166 Å². The largest absolute Gasteiger partial charge is 0.399 e. The summed E-state index contributed by atoms with van der Waals surface area (Å²) in [5.41, 5.74) is 9.85. The molecule has 0 spiro atoms. The highest BCUT2D eigenvalue weighted by molar-refractivity contribution is 5.89. The molecule has 0 fully saturated rings. The zero-order valence-corrected chi connectivity index (χ0v) is 16.4. The van der Waals surface area contributed by atoms with Crippen LogP contribution >= 0.6 is 0 Å². The molecule has 0 bridgehead atoms. The van der Waals surface area contributed by atoms with Gasteiger partial charge in [-0.2, -0.15) is 0 Å². The molecular formula is C22H28N4O2. The normalized spacial score (nSPS) is 16.9. The van der Waals surface area contributed by atoms with E-state index in [1.54, 1.807) is 7.05 Å². The first-order valence-corrected chi connectivity index (χ1v) is 9.63. The number of amides is 2. The molecular weight excluding hydrogens is 352 g/mol. The van der Waals surface area contributed by atoms with Crippen LogP contribution in [0.2, 0.25) is 0 Å². The average molecular weight is 380 g/mol. The number of carbonyl (C=O) groups is 2. The maximum absolute atomic E-state index is 13.4. The summed E-state index contributed by atoms with van der Waals surface area (Å²) in [6, 6.07) is 15.1. The van der Waals surface area contributed by atoms with Crippen molar-refractivity contribution in [2.24, 2.45) is 0 Å². The standard InChI is InChI=1S/C22H28N4O2/c1-15-11-17-5-3-4-6-18(17)14-26(15)22(28)20(25-21(27)13-24-2)12-16-7-9-19(23)10-8-16/h3-10,15,20,24H,11-14,23H2,1-2H3,(H,25,27)/t15-,20?/m1/s1. The molecule has 6 nitrogen and oxygen atoms in total. The Morgan fingerprint density at radius 1 is 1.14 bits per heavy atom. The zero-order chi connectivity index (χ0) is 20.1. The number of nitrogens with two attached hydrogens (primary N) is 1. The summed E-state index contributed by atoms with van der Waals surface area (Å²) in [5.74, 6) is -0.246. The molecule has 1 aliphatic rings. The van der Waals surface area contributed by atoms with E-state index in [1.165, 1.54) is 11.1 Å². The van der Waals surface area contributed by atoms with Crippen molar-refractivity contribution in [2.75, 3.05) is 19.3 Å². The Hall–Kier alpha value is -2.86. The highest BCUT2D eigenvalue weighted by atomic mass is 16.2. The average Bonchev–Trinajstić information content (AvgIpc) is 2.68. The molecule has 1 aliphatic heterocycles. The number of likely N-dealkylation sites (N-methyl/N-ethyl adjacent to an activating group) is 1. The Bertz CT molecular complexity index is 835. The summed E-state index contributed by atoms with van der Waals surface area (Å²) in [5, 5.41) is 5.73. The highest BCUT2D eigenvalue weighted by Crippen LogP contribution is 2.24. The predicted octanol–water partition coefficient (Wildman–Crippen LogP) is 1.49. The molecule has 1 heterocycles. The lowest BCUT2D eigenvalue weighted by Gasteiger charge is -2.37. The van der Waals surface area contributed by atoms with E-state index in [1.807, 2.05) is 41.3 Å². The molecule has 2 aromatic rings. The van der Waals surface area contributed by atoms with Gasteiger partial charge in [-0.3, -0.25) is 9.59 Å². The number of nitrogens with one attached hydrogen (secondary N) is 2. The van der Waals surface area contributed by atoms with E-state index in [0.29, 0.717) is 18.7 Å². The molecule has 148 valence electrons. The van der Waals surface area contributed by atoms with E-state index in [0.717, 1.165) is 12.0 Å². The number of anilines is 1. The molecule has 2 amide bonds. The minimum absolute atomic E-state index is 0.0525. The Morgan fingerprint density at radius 2 is 1.82 bits per heavy atom. The minimum atomic E-state index is -0.614. The lowest BCUT2D eigenvalue weighted by Crippen LogP contribution is -2.54. The summed E-state index contributed by atoms with van der Waals surface area (Å²) >= 11 is 0. The molecule has 0 aliphatic carbocycles. The van der Waals surface area contributed by atoms with Crippen LogP contribution in [0.5, 0.6) is 0 Å². The van der Waals surface area contributed by atoms with Gasteiger partial charge in [0.1, 0.15) is 6.04 Å². The first-order valence-electron chi connectivity index (χ1n) is 9.63. The van der Waals surface area contributed by atoms with Crippen LogP contribution in [0.15, 0.2) is 48.5 Å². The molecule has 0 aromatic heterocycles. The van der Waals surface area contributed by atoms with Gasteiger partial charge in [0.15, 0.2) is 0 Å². The van der Waals surface area contributed by atoms with Crippen molar-refractivity contribution in [1.29, 1.82) is 0 Å². The van der Waals surface area contributed by atoms with Gasteiger partial charge in [0.25, 0.3) is 0 Å². The molecule has 2 atom stereocenters. The lowest BCUT2D eigenvalue weighted by molar-refractivity contribution is -0.139. The summed E-state index contributed by atoms with van der Waals surface area (Å²) in [7, 11) is 1.71. The summed E-state index contributed by atoms with van der Waals surface area (Å²) < 4.78 is 0. The number of nitrogen functional groups attached to an aromatic ring is 1. The van der Waals surface area contributed by atoms with Gasteiger partial charge in [0.05, 0.1) is 6.54 Å². The molecule has 6 heteroatoms. The van der Waals surface area contributed by atoms with Gasteiger partial charge in [0, 0.05) is 24.7 Å². The van der Waals surface area contributed by atoms with E-state index < -0.39 is 6.04 Å². The van der Waals surface area contributed by atoms with Crippen LogP contribution in [0.25, 0.3) is 0 Å². The van der Waals surface area contributed by atoms with Crippen molar-refractivity contribution in [3.8, 4) is 0 Å². The number of hydrogen-bond acceptors (Lipinski definition) is 4. The monoisotopic (exact) mass is 380 g/mol. The van der Waals surface area contributed by atoms with Crippen LogP contribution in [0.1, 0.15) is 23.6 Å². The first-order chi connectivity index (χ1) is 13.5. The van der Waals surface area contributed by atoms with Crippen LogP contribution in [0.3, 0.4) is 0 Å². The molecule has 2 aromatic carbocycles. The van der Waals surface area contributed by atoms with Crippen LogP contribution in [-0.4, -0.2) is 42.4 Å². The summed E-state index contributed by atoms with van der Waals surface area (Å²) in [6.07, 6.45) is 1.25. The van der Waals surface area contributed by atoms with Crippen molar-refractivity contribution in [3.05, 3.63) is 65.2 Å². The minimum Gasteiger partial charge on any atom is -0.399 e. The van der Waals surface area contributed by atoms with Crippen molar-refractivity contribution in [1.82, 2.24) is 15.5 Å². The third kappa shape index (κ3) is 4.70. The Balaban J connectivity index is 1.80. The quantitative estimate of drug-likeness (QED) is 0.663. The third-order valence-corrected chi connectivity index (χ3v) is 5.18. The Morgan fingerprint density at radius 3 is 2.50 bits per heavy atom. The number of rotatable bonds is 6. The lowest BCUT2D eigenvalue weighted by atomic mass is 9.93. The zero-order valence-electron chi connectivity index (χ0n) is 16.4. The molecule has 0 saturated carbocycles. The van der Waals surface area contributed by atoms with Crippen molar-refractivity contribution in [2.45, 2.75) is 38.4 Å². The molecule has 0 saturated heterocycles. The fourth-order valence-corrected chi connectivity index (χ4v) is 3.67. The van der Waals surface area contributed by atoms with E-state index in [2.05, 4.69) is 29.7 Å². The fraction of sp³-hybridized carbons (Fsp3) is 0.364. The van der Waals surface area contributed by atoms with E-state index in [9.17, 15) is 9.59 Å². The van der Waals surface area contributed by atoms with Crippen molar-refractivity contribution >= 4 is 17.5 Å². The van der Waals surface area contributed by atoms with Crippen LogP contribution in [0.4, 0.5) is 5.69 Å². The van der Waals surface area contributed by atoms with E-state index >= 15 is 0 Å². The van der Waals surface area contributed by atoms with Gasteiger partial charge in [0.2, 0.25) is 11.8 Å². The SMILES string of the molecule is CNCC(=O)NC(Cc1ccc(N)cc1)C(=O)N1Cc2ccccc2C[C@H]1C. The molecule has 28 heavy (non-hydrogen) atoms. The number of carbonyl (C=O) groups excluding carboxylic acids is 2. The number of benzene rings is 2. The number of nitrogens with zero attached hydrogens (tertiary/aromatic N) is 1. The maximum atomic E-state index is 13.4. The van der Waals surface area contributed by atoms with Crippen molar-refractivity contribution in [3.63, 3.8) is 0 Å². The van der Waals surface area contributed by atoms with Crippen LogP contribution in [0, 0.1) is 0 Å². The summed E-state index contributed by atoms with van der Waals surface area (Å²) in [6.45, 7) is 2.80. The van der Waals surface area contributed by atoms with Gasteiger partial charge < -0.3 is 21.3 Å². The molecule has 4 N–H and O–H groups in total. The number of fused-ring (bicyclic) bond motifs is 1. The van der Waals surface area contributed by atoms with E-state index in [-0.39, 0.29) is 24.4 Å². The summed E-state index contributed by atoms with van der Waals surface area (Å²) in [4.78, 5) is 27.5.